The van der Waals surface area contributed by atoms with Crippen LogP contribution in [0.15, 0.2) is 57.6 Å². The van der Waals surface area contributed by atoms with E-state index in [9.17, 15) is 14.4 Å². The molecule has 0 aliphatic carbocycles. The second-order valence-electron chi connectivity index (χ2n) is 6.79. The average Bonchev–Trinajstić information content (AvgIpc) is 3.41. The Morgan fingerprint density at radius 2 is 1.87 bits per heavy atom. The first kappa shape index (κ1) is 20.9. The Hall–Kier alpha value is -3.81. The Morgan fingerprint density at radius 1 is 1.07 bits per heavy atom. The zero-order valence-corrected chi connectivity index (χ0v) is 16.9. The number of furan rings is 2. The number of nitrogens with one attached hydrogen (secondary N) is 3. The number of aryl methyl sites for hydroxylation is 1. The first-order valence-corrected chi connectivity index (χ1v) is 9.43. The lowest BCUT2D eigenvalue weighted by atomic mass is 10.1. The van der Waals surface area contributed by atoms with Gasteiger partial charge in [-0.2, -0.15) is 0 Å². The highest BCUT2D eigenvalue weighted by Crippen LogP contribution is 2.23. The van der Waals surface area contributed by atoms with E-state index in [1.54, 1.807) is 32.0 Å². The molecule has 3 N–H and O–H groups in total. The Bertz CT molecular complexity index is 1070. The lowest BCUT2D eigenvalue weighted by Gasteiger charge is -2.10. The molecule has 0 spiro atoms. The number of carbonyl (C=O) groups is 3. The van der Waals surface area contributed by atoms with Gasteiger partial charge in [-0.15, -0.1) is 0 Å². The number of hydrogen-bond donors (Lipinski definition) is 3. The Kier molecular flexibility index (Phi) is 6.36. The summed E-state index contributed by atoms with van der Waals surface area (Å²) in [5, 5.41) is 7.86. The van der Waals surface area contributed by atoms with Gasteiger partial charge >= 0.3 is 0 Å². The molecule has 3 amide bonds. The predicted octanol–water partition coefficient (Wildman–Crippen LogP) is 2.64. The van der Waals surface area contributed by atoms with Gasteiger partial charge in [0.15, 0.2) is 11.5 Å². The van der Waals surface area contributed by atoms with Gasteiger partial charge in [-0.3, -0.25) is 14.4 Å². The summed E-state index contributed by atoms with van der Waals surface area (Å²) in [6.07, 6.45) is 1.48. The smallest absolute Gasteiger partial charge is 0.287 e. The van der Waals surface area contributed by atoms with Crippen LogP contribution in [0.5, 0.6) is 0 Å². The van der Waals surface area contributed by atoms with Crippen LogP contribution < -0.4 is 16.0 Å². The minimum atomic E-state index is -0.680. The van der Waals surface area contributed by atoms with Gasteiger partial charge in [-0.25, -0.2) is 0 Å². The largest absolute Gasteiger partial charge is 0.459 e. The van der Waals surface area contributed by atoms with Crippen molar-refractivity contribution in [1.82, 2.24) is 16.0 Å². The maximum atomic E-state index is 12.3. The van der Waals surface area contributed by atoms with Crippen molar-refractivity contribution in [2.75, 3.05) is 7.05 Å². The molecule has 0 bridgehead atoms. The van der Waals surface area contributed by atoms with E-state index in [0.717, 1.165) is 16.7 Å². The van der Waals surface area contributed by atoms with E-state index < -0.39 is 11.9 Å². The van der Waals surface area contributed by atoms with Crippen LogP contribution in [0, 0.1) is 6.92 Å². The molecule has 1 unspecified atom stereocenters. The highest BCUT2D eigenvalue weighted by molar-refractivity contribution is 5.95. The second kappa shape index (κ2) is 9.13. The van der Waals surface area contributed by atoms with E-state index >= 15 is 0 Å². The van der Waals surface area contributed by atoms with Crippen molar-refractivity contribution in [2.45, 2.75) is 26.4 Å². The molecule has 0 aliphatic heterocycles. The number of benzene rings is 1. The summed E-state index contributed by atoms with van der Waals surface area (Å²) >= 11 is 0. The van der Waals surface area contributed by atoms with Gasteiger partial charge in [-0.1, -0.05) is 18.2 Å². The van der Waals surface area contributed by atoms with Crippen LogP contribution in [0.3, 0.4) is 0 Å². The van der Waals surface area contributed by atoms with Gasteiger partial charge in [-0.05, 0) is 43.7 Å². The first-order chi connectivity index (χ1) is 14.4. The third-order valence-electron chi connectivity index (χ3n) is 4.55. The summed E-state index contributed by atoms with van der Waals surface area (Å²) < 4.78 is 10.8. The molecule has 0 radical (unpaired) electrons. The maximum absolute atomic E-state index is 12.3. The molecule has 3 rings (SSSR count). The highest BCUT2D eigenvalue weighted by atomic mass is 16.4. The minimum absolute atomic E-state index is 0.104. The maximum Gasteiger partial charge on any atom is 0.287 e. The number of rotatable bonds is 7. The average molecular weight is 409 g/mol. The van der Waals surface area contributed by atoms with Crippen molar-refractivity contribution >= 4 is 17.7 Å². The van der Waals surface area contributed by atoms with E-state index in [4.69, 9.17) is 8.83 Å². The van der Waals surface area contributed by atoms with Crippen molar-refractivity contribution in [3.63, 3.8) is 0 Å². The number of hydrogen-bond acceptors (Lipinski definition) is 5. The lowest BCUT2D eigenvalue weighted by molar-refractivity contribution is -0.122. The highest BCUT2D eigenvalue weighted by Gasteiger charge is 2.18. The molecular formula is C22H23N3O5. The third-order valence-corrected chi connectivity index (χ3v) is 4.55. The summed E-state index contributed by atoms with van der Waals surface area (Å²) in [5.74, 6) is -0.163. The molecular weight excluding hydrogens is 386 g/mol. The van der Waals surface area contributed by atoms with Gasteiger partial charge < -0.3 is 24.8 Å². The van der Waals surface area contributed by atoms with Crippen molar-refractivity contribution in [3.05, 3.63) is 71.4 Å². The van der Waals surface area contributed by atoms with Gasteiger partial charge in [0.05, 0.1) is 6.26 Å². The summed E-state index contributed by atoms with van der Waals surface area (Å²) in [5.41, 5.74) is 2.39. The molecule has 1 atom stereocenters. The summed E-state index contributed by atoms with van der Waals surface area (Å²) in [6, 6.07) is 11.7. The Balaban J connectivity index is 1.66. The molecule has 8 nitrogen and oxygen atoms in total. The lowest BCUT2D eigenvalue weighted by Crippen LogP contribution is -2.43. The number of amides is 3. The first-order valence-electron chi connectivity index (χ1n) is 9.43. The molecule has 8 heteroatoms. The van der Waals surface area contributed by atoms with Crippen LogP contribution in [0.25, 0.3) is 11.3 Å². The summed E-state index contributed by atoms with van der Waals surface area (Å²) in [6.45, 7) is 3.70. The van der Waals surface area contributed by atoms with Gasteiger partial charge in [0.2, 0.25) is 5.91 Å². The molecule has 0 saturated heterocycles. The summed E-state index contributed by atoms with van der Waals surface area (Å²) in [4.78, 5) is 36.0. The molecule has 30 heavy (non-hydrogen) atoms. The van der Waals surface area contributed by atoms with Crippen molar-refractivity contribution in [1.29, 1.82) is 0 Å². The number of likely N-dealkylation sites (N-methyl/N-ethyl adjacent to an activating group) is 1. The second-order valence-corrected chi connectivity index (χ2v) is 6.79. The van der Waals surface area contributed by atoms with Gasteiger partial charge in [0.25, 0.3) is 11.8 Å². The van der Waals surface area contributed by atoms with Crippen LogP contribution >= 0.6 is 0 Å². The van der Waals surface area contributed by atoms with Crippen LogP contribution in [0.4, 0.5) is 0 Å². The number of carbonyl (C=O) groups excluding carboxylic acids is 3. The van der Waals surface area contributed by atoms with Gasteiger partial charge in [0.1, 0.15) is 11.8 Å². The fourth-order valence-electron chi connectivity index (χ4n) is 2.87. The zero-order valence-electron chi connectivity index (χ0n) is 16.9. The van der Waals surface area contributed by atoms with Crippen molar-refractivity contribution < 1.29 is 23.2 Å². The van der Waals surface area contributed by atoms with Crippen LogP contribution in [0.2, 0.25) is 0 Å². The molecule has 156 valence electrons. The third kappa shape index (κ3) is 4.78. The van der Waals surface area contributed by atoms with Crippen molar-refractivity contribution in [2.24, 2.45) is 0 Å². The van der Waals surface area contributed by atoms with Crippen LogP contribution in [-0.2, 0) is 11.3 Å². The Morgan fingerprint density at radius 3 is 2.57 bits per heavy atom. The zero-order chi connectivity index (χ0) is 21.7. The van der Waals surface area contributed by atoms with E-state index in [1.807, 2.05) is 24.3 Å². The monoisotopic (exact) mass is 409 g/mol. The minimum Gasteiger partial charge on any atom is -0.459 e. The van der Waals surface area contributed by atoms with Crippen LogP contribution in [0.1, 0.15) is 39.2 Å². The predicted molar refractivity (Wildman–Crippen MR) is 110 cm³/mol. The quantitative estimate of drug-likeness (QED) is 0.555. The summed E-state index contributed by atoms with van der Waals surface area (Å²) in [7, 11) is 1.50. The molecule has 2 heterocycles. The molecule has 1 aromatic carbocycles. The SMILES string of the molecule is CNC(=O)C(C)NC(=O)c1ccc(-c2cccc(CNC(=O)c3occc3C)c2)o1. The normalized spacial score (nSPS) is 11.6. The molecule has 3 aromatic rings. The van der Waals surface area contributed by atoms with E-state index in [-0.39, 0.29) is 17.6 Å². The van der Waals surface area contributed by atoms with E-state index in [2.05, 4.69) is 16.0 Å². The van der Waals surface area contributed by atoms with E-state index in [0.29, 0.717) is 18.1 Å². The topological polar surface area (TPSA) is 114 Å². The molecule has 0 fully saturated rings. The van der Waals surface area contributed by atoms with Crippen molar-refractivity contribution in [3.8, 4) is 11.3 Å². The van der Waals surface area contributed by atoms with Crippen LogP contribution in [-0.4, -0.2) is 30.8 Å². The standard InChI is InChI=1S/C22H23N3O5/c1-13-9-10-29-19(13)22(28)24-12-15-5-4-6-16(11-15)17-7-8-18(30-17)21(27)25-14(2)20(26)23-3/h4-11,14H,12H2,1-3H3,(H,23,26)(H,24,28)(H,25,27). The van der Waals surface area contributed by atoms with Gasteiger partial charge in [0, 0.05) is 24.7 Å². The Labute approximate surface area is 173 Å². The fourth-order valence-corrected chi connectivity index (χ4v) is 2.87. The molecule has 2 aromatic heterocycles. The molecule has 0 saturated carbocycles. The fraction of sp³-hybridized carbons (Fsp3) is 0.227. The molecule has 0 aliphatic rings. The van der Waals surface area contributed by atoms with E-state index in [1.165, 1.54) is 13.3 Å².